The Morgan fingerprint density at radius 3 is 2.52 bits per heavy atom. The van der Waals surface area contributed by atoms with Gasteiger partial charge in [-0.25, -0.2) is 4.57 Å². The highest BCUT2D eigenvalue weighted by Crippen LogP contribution is 2.46. The molecule has 0 bridgehead atoms. The molecule has 1 heterocycles. The predicted octanol–water partition coefficient (Wildman–Crippen LogP) is 4.57. The van der Waals surface area contributed by atoms with Crippen molar-refractivity contribution in [1.82, 2.24) is 10.1 Å². The molecule has 0 fully saturated rings. The van der Waals surface area contributed by atoms with Crippen LogP contribution in [0.4, 0.5) is 0 Å². The zero-order valence-corrected chi connectivity index (χ0v) is 20.2. The second-order valence-corrected chi connectivity index (χ2v) is 9.28. The van der Waals surface area contributed by atoms with E-state index in [9.17, 15) is 19.3 Å². The fourth-order valence-electron chi connectivity index (χ4n) is 2.90. The Labute approximate surface area is 194 Å². The highest BCUT2D eigenvalue weighted by Gasteiger charge is 2.33. The molecule has 2 N–H and O–H groups in total. The predicted molar refractivity (Wildman–Crippen MR) is 123 cm³/mol. The van der Waals surface area contributed by atoms with Gasteiger partial charge in [0.2, 0.25) is 0 Å². The van der Waals surface area contributed by atoms with Gasteiger partial charge in [0.15, 0.2) is 6.29 Å². The molecule has 2 aromatic rings. The molecule has 0 radical (unpaired) electrons. The van der Waals surface area contributed by atoms with Crippen molar-refractivity contribution in [3.05, 3.63) is 53.3 Å². The number of pyridine rings is 1. The number of benzene rings is 1. The first-order valence-corrected chi connectivity index (χ1v) is 12.3. The Kier molecular flexibility index (Phi) is 10.0. The van der Waals surface area contributed by atoms with E-state index in [1.807, 2.05) is 13.8 Å². The lowest BCUT2D eigenvalue weighted by Crippen LogP contribution is -2.35. The SMILES string of the molecule is CCC(CC)COC(=O)[C@H](C)NP(=O)(OCc1cnc(C)c(O)c1C=O)Oc1ccccc1. The summed E-state index contributed by atoms with van der Waals surface area (Å²) in [6.07, 6.45) is 3.57. The van der Waals surface area contributed by atoms with E-state index in [2.05, 4.69) is 10.1 Å². The molecular formula is C23H31N2O7P. The van der Waals surface area contributed by atoms with Crippen molar-refractivity contribution in [2.75, 3.05) is 6.61 Å². The summed E-state index contributed by atoms with van der Waals surface area (Å²) in [4.78, 5) is 27.9. The lowest BCUT2D eigenvalue weighted by Gasteiger charge is -2.23. The average molecular weight is 478 g/mol. The topological polar surface area (TPSA) is 124 Å². The van der Waals surface area contributed by atoms with Crippen molar-refractivity contribution in [2.24, 2.45) is 5.92 Å². The fraction of sp³-hybridized carbons (Fsp3) is 0.435. The number of aryl methyl sites for hydroxylation is 1. The van der Waals surface area contributed by atoms with Crippen LogP contribution in [0.5, 0.6) is 11.5 Å². The number of nitrogens with one attached hydrogen (secondary N) is 1. The summed E-state index contributed by atoms with van der Waals surface area (Å²) in [5.41, 5.74) is 0.471. The van der Waals surface area contributed by atoms with Crippen LogP contribution in [0.1, 0.15) is 55.2 Å². The molecular weight excluding hydrogens is 447 g/mol. The first-order chi connectivity index (χ1) is 15.7. The van der Waals surface area contributed by atoms with E-state index < -0.39 is 19.8 Å². The molecule has 1 aromatic heterocycles. The second kappa shape index (κ2) is 12.5. The molecule has 33 heavy (non-hydrogen) atoms. The number of aldehydes is 1. The molecule has 0 aliphatic carbocycles. The number of carbonyl (C=O) groups excluding carboxylic acids is 2. The van der Waals surface area contributed by atoms with Crippen molar-refractivity contribution in [3.63, 3.8) is 0 Å². The number of rotatable bonds is 13. The van der Waals surface area contributed by atoms with Crippen LogP contribution in [-0.4, -0.2) is 35.0 Å². The molecule has 9 nitrogen and oxygen atoms in total. The summed E-state index contributed by atoms with van der Waals surface area (Å²) >= 11 is 0. The zero-order chi connectivity index (χ0) is 24.4. The molecule has 0 aliphatic rings. The van der Waals surface area contributed by atoms with Gasteiger partial charge in [0, 0.05) is 11.8 Å². The number of ether oxygens (including phenoxy) is 1. The van der Waals surface area contributed by atoms with Crippen molar-refractivity contribution in [3.8, 4) is 11.5 Å². The molecule has 180 valence electrons. The third-order valence-corrected chi connectivity index (χ3v) is 6.78. The third-order valence-electron chi connectivity index (χ3n) is 5.16. The van der Waals surface area contributed by atoms with Crippen LogP contribution in [0.25, 0.3) is 0 Å². The maximum absolute atomic E-state index is 13.5. The molecule has 1 aromatic carbocycles. The maximum atomic E-state index is 13.5. The molecule has 1 unspecified atom stereocenters. The Morgan fingerprint density at radius 2 is 1.91 bits per heavy atom. The van der Waals surface area contributed by atoms with Crippen LogP contribution < -0.4 is 9.61 Å². The molecule has 0 saturated heterocycles. The van der Waals surface area contributed by atoms with Gasteiger partial charge < -0.3 is 14.4 Å². The minimum Gasteiger partial charge on any atom is -0.505 e. The van der Waals surface area contributed by atoms with Gasteiger partial charge >= 0.3 is 13.7 Å². The van der Waals surface area contributed by atoms with E-state index in [0.717, 1.165) is 12.8 Å². The summed E-state index contributed by atoms with van der Waals surface area (Å²) in [7, 11) is -4.11. The second-order valence-electron chi connectivity index (χ2n) is 7.59. The Morgan fingerprint density at radius 1 is 1.24 bits per heavy atom. The fourth-order valence-corrected chi connectivity index (χ4v) is 4.37. The molecule has 0 spiro atoms. The lowest BCUT2D eigenvalue weighted by atomic mass is 10.1. The number of carbonyl (C=O) groups is 2. The summed E-state index contributed by atoms with van der Waals surface area (Å²) in [5.74, 6) is -0.374. The van der Waals surface area contributed by atoms with E-state index in [0.29, 0.717) is 6.29 Å². The Bertz CT molecular complexity index is 980. The molecule has 0 amide bonds. The number of aromatic hydroxyl groups is 1. The largest absolute Gasteiger partial charge is 0.505 e. The highest BCUT2D eigenvalue weighted by atomic mass is 31.2. The number of hydrogen-bond donors (Lipinski definition) is 2. The van der Waals surface area contributed by atoms with Gasteiger partial charge in [-0.15, -0.1) is 0 Å². The Hall–Kier alpha value is -2.74. The number of nitrogens with zero attached hydrogens (tertiary/aromatic N) is 1. The van der Waals surface area contributed by atoms with E-state index in [4.69, 9.17) is 13.8 Å². The molecule has 10 heteroatoms. The van der Waals surface area contributed by atoms with Crippen molar-refractivity contribution in [2.45, 2.75) is 53.2 Å². The van der Waals surface area contributed by atoms with Crippen LogP contribution in [0.3, 0.4) is 0 Å². The van der Waals surface area contributed by atoms with Crippen LogP contribution in [-0.2, 0) is 25.2 Å². The number of esters is 1. The summed E-state index contributed by atoms with van der Waals surface area (Å²) in [5, 5.41) is 12.7. The van der Waals surface area contributed by atoms with Gasteiger partial charge in [-0.05, 0) is 31.9 Å². The van der Waals surface area contributed by atoms with Gasteiger partial charge in [-0.2, -0.15) is 5.09 Å². The summed E-state index contributed by atoms with van der Waals surface area (Å²) in [6, 6.07) is 7.33. The van der Waals surface area contributed by atoms with Crippen LogP contribution >= 0.6 is 7.75 Å². The van der Waals surface area contributed by atoms with E-state index in [1.165, 1.54) is 13.1 Å². The van der Waals surface area contributed by atoms with Gasteiger partial charge in [0.05, 0.1) is 24.5 Å². The van der Waals surface area contributed by atoms with Crippen molar-refractivity contribution in [1.29, 1.82) is 0 Å². The van der Waals surface area contributed by atoms with Crippen LogP contribution in [0.2, 0.25) is 0 Å². The number of hydrogen-bond acceptors (Lipinski definition) is 8. The normalized spacial score (nSPS) is 13.8. The highest BCUT2D eigenvalue weighted by molar-refractivity contribution is 7.52. The molecule has 0 aliphatic heterocycles. The standard InChI is InChI=1S/C23H31N2O7P/c1-5-18(6-2)14-30-23(28)17(4)25-33(29,32-20-10-8-7-9-11-20)31-15-19-12-24-16(3)22(27)21(19)13-26/h7-13,17-18,27H,5-6,14-15H2,1-4H3,(H,25,29)/t17-,33?/m0/s1. The lowest BCUT2D eigenvalue weighted by molar-refractivity contribution is -0.146. The smallest absolute Gasteiger partial charge is 0.459 e. The van der Waals surface area contributed by atoms with E-state index in [1.54, 1.807) is 37.3 Å². The van der Waals surface area contributed by atoms with Crippen LogP contribution in [0.15, 0.2) is 36.5 Å². The summed E-state index contributed by atoms with van der Waals surface area (Å²) in [6.45, 7) is 6.99. The van der Waals surface area contributed by atoms with Crippen LogP contribution in [0, 0.1) is 12.8 Å². The molecule has 2 atom stereocenters. The van der Waals surface area contributed by atoms with Gasteiger partial charge in [-0.1, -0.05) is 44.9 Å². The number of para-hydroxylation sites is 1. The van der Waals surface area contributed by atoms with Gasteiger partial charge in [0.25, 0.3) is 0 Å². The minimum atomic E-state index is -4.11. The van der Waals surface area contributed by atoms with E-state index >= 15 is 0 Å². The maximum Gasteiger partial charge on any atom is 0.459 e. The summed E-state index contributed by atoms with van der Waals surface area (Å²) < 4.78 is 30.0. The minimum absolute atomic E-state index is 0.0219. The average Bonchev–Trinajstić information content (AvgIpc) is 2.80. The van der Waals surface area contributed by atoms with Crippen molar-refractivity contribution >= 4 is 20.0 Å². The monoisotopic (exact) mass is 478 g/mol. The molecule has 0 saturated carbocycles. The first-order valence-electron chi connectivity index (χ1n) is 10.8. The number of aromatic nitrogens is 1. The Balaban J connectivity index is 2.19. The van der Waals surface area contributed by atoms with Gasteiger partial charge in [-0.3, -0.25) is 19.1 Å². The van der Waals surface area contributed by atoms with E-state index in [-0.39, 0.29) is 47.5 Å². The first kappa shape index (κ1) is 26.5. The molecule has 2 rings (SSSR count). The van der Waals surface area contributed by atoms with Crippen molar-refractivity contribution < 1.29 is 33.0 Å². The zero-order valence-electron chi connectivity index (χ0n) is 19.3. The van der Waals surface area contributed by atoms with Gasteiger partial charge in [0.1, 0.15) is 17.5 Å². The quantitative estimate of drug-likeness (QED) is 0.242. The third kappa shape index (κ3) is 7.67.